The van der Waals surface area contributed by atoms with E-state index in [2.05, 4.69) is 5.32 Å². The van der Waals surface area contributed by atoms with E-state index in [1.165, 1.54) is 0 Å². The third kappa shape index (κ3) is 4.32. The van der Waals surface area contributed by atoms with Gasteiger partial charge in [-0.3, -0.25) is 10.1 Å². The van der Waals surface area contributed by atoms with Crippen molar-refractivity contribution >= 4 is 17.6 Å². The molecular weight excluding hydrogens is 314 g/mol. The number of ether oxygens (including phenoxy) is 1. The van der Waals surface area contributed by atoms with Crippen LogP contribution in [0.25, 0.3) is 0 Å². The van der Waals surface area contributed by atoms with Crippen molar-refractivity contribution in [3.05, 3.63) is 102 Å². The maximum Gasteiger partial charge on any atom is 0.412 e. The van der Waals surface area contributed by atoms with Gasteiger partial charge in [-0.15, -0.1) is 0 Å². The van der Waals surface area contributed by atoms with Crippen molar-refractivity contribution in [2.24, 2.45) is 0 Å². The molecule has 3 aromatic carbocycles. The monoisotopic (exact) mass is 331 g/mol. The molecule has 0 saturated carbocycles. The number of anilines is 1. The zero-order chi connectivity index (χ0) is 17.5. The molecular formula is C21H17NO3. The second kappa shape index (κ2) is 7.93. The van der Waals surface area contributed by atoms with Crippen LogP contribution in [-0.2, 0) is 4.74 Å². The molecule has 0 bridgehead atoms. The molecule has 0 aliphatic carbocycles. The molecule has 0 aromatic heterocycles. The second-order valence-corrected chi connectivity index (χ2v) is 5.42. The Kier molecular flexibility index (Phi) is 5.22. The van der Waals surface area contributed by atoms with Gasteiger partial charge in [0.05, 0.1) is 0 Å². The largest absolute Gasteiger partial charge is 0.433 e. The van der Waals surface area contributed by atoms with Crippen molar-refractivity contribution < 1.29 is 14.3 Å². The van der Waals surface area contributed by atoms with Crippen LogP contribution < -0.4 is 5.32 Å². The van der Waals surface area contributed by atoms with Crippen LogP contribution in [0, 0.1) is 0 Å². The van der Waals surface area contributed by atoms with Gasteiger partial charge >= 0.3 is 6.09 Å². The zero-order valence-corrected chi connectivity index (χ0v) is 13.5. The summed E-state index contributed by atoms with van der Waals surface area (Å²) in [6.07, 6.45) is -1.68. The van der Waals surface area contributed by atoms with Gasteiger partial charge in [0.1, 0.15) is 0 Å². The van der Waals surface area contributed by atoms with Crippen LogP contribution in [0.3, 0.4) is 0 Å². The minimum Gasteiger partial charge on any atom is -0.433 e. The quantitative estimate of drug-likeness (QED) is 0.679. The van der Waals surface area contributed by atoms with Crippen molar-refractivity contribution in [3.63, 3.8) is 0 Å². The maximum absolute atomic E-state index is 12.8. The van der Waals surface area contributed by atoms with Crippen molar-refractivity contribution in [2.45, 2.75) is 6.10 Å². The van der Waals surface area contributed by atoms with Crippen LogP contribution in [0.4, 0.5) is 10.5 Å². The standard InChI is InChI=1S/C21H17NO3/c23-19(16-10-4-1-5-11-16)20(17-12-6-2-7-13-17)25-21(24)22-18-14-8-3-9-15-18/h1-15,20H,(H,22,24). The van der Waals surface area contributed by atoms with Crippen LogP contribution in [0.2, 0.25) is 0 Å². The fourth-order valence-electron chi connectivity index (χ4n) is 2.43. The predicted octanol–water partition coefficient (Wildman–Crippen LogP) is 4.86. The number of hydrogen-bond donors (Lipinski definition) is 1. The summed E-state index contributed by atoms with van der Waals surface area (Å²) in [7, 11) is 0. The van der Waals surface area contributed by atoms with E-state index in [1.807, 2.05) is 18.2 Å². The number of hydrogen-bond acceptors (Lipinski definition) is 3. The van der Waals surface area contributed by atoms with E-state index in [-0.39, 0.29) is 5.78 Å². The lowest BCUT2D eigenvalue weighted by Crippen LogP contribution is -2.23. The van der Waals surface area contributed by atoms with Gasteiger partial charge in [0, 0.05) is 16.8 Å². The van der Waals surface area contributed by atoms with E-state index in [1.54, 1.807) is 72.8 Å². The van der Waals surface area contributed by atoms with E-state index >= 15 is 0 Å². The fraction of sp³-hybridized carbons (Fsp3) is 0.0476. The van der Waals surface area contributed by atoms with Crippen molar-refractivity contribution in [1.29, 1.82) is 0 Å². The third-order valence-corrected chi connectivity index (χ3v) is 3.64. The Hall–Kier alpha value is -3.40. The number of amides is 1. The van der Waals surface area contributed by atoms with Gasteiger partial charge in [-0.2, -0.15) is 0 Å². The zero-order valence-electron chi connectivity index (χ0n) is 13.5. The summed E-state index contributed by atoms with van der Waals surface area (Å²) in [5.41, 5.74) is 1.72. The maximum atomic E-state index is 12.8. The number of benzene rings is 3. The minimum atomic E-state index is -1.01. The highest BCUT2D eigenvalue weighted by Crippen LogP contribution is 2.23. The summed E-state index contributed by atoms with van der Waals surface area (Å²) in [6, 6.07) is 26.7. The highest BCUT2D eigenvalue weighted by atomic mass is 16.6. The SMILES string of the molecule is O=C(Nc1ccccc1)OC(C(=O)c1ccccc1)c1ccccc1. The third-order valence-electron chi connectivity index (χ3n) is 3.64. The van der Waals surface area contributed by atoms with E-state index in [0.717, 1.165) is 0 Å². The first-order valence-corrected chi connectivity index (χ1v) is 7.91. The molecule has 1 unspecified atom stereocenters. The van der Waals surface area contributed by atoms with E-state index in [4.69, 9.17) is 4.74 Å². The summed E-state index contributed by atoms with van der Waals surface area (Å²) < 4.78 is 5.46. The molecule has 0 heterocycles. The number of nitrogens with one attached hydrogen (secondary N) is 1. The van der Waals surface area contributed by atoms with Gasteiger partial charge in [0.25, 0.3) is 0 Å². The summed E-state index contributed by atoms with van der Waals surface area (Å²) in [5, 5.41) is 2.64. The Labute approximate surface area is 146 Å². The summed E-state index contributed by atoms with van der Waals surface area (Å²) in [5.74, 6) is -0.269. The highest BCUT2D eigenvalue weighted by molar-refractivity contribution is 6.01. The molecule has 3 aromatic rings. The lowest BCUT2D eigenvalue weighted by Gasteiger charge is -2.18. The van der Waals surface area contributed by atoms with Crippen molar-refractivity contribution in [1.82, 2.24) is 0 Å². The first kappa shape index (κ1) is 16.5. The van der Waals surface area contributed by atoms with Gasteiger partial charge < -0.3 is 4.74 Å². The van der Waals surface area contributed by atoms with Crippen LogP contribution in [0.1, 0.15) is 22.0 Å². The fourth-order valence-corrected chi connectivity index (χ4v) is 2.43. The van der Waals surface area contributed by atoms with Crippen LogP contribution in [-0.4, -0.2) is 11.9 Å². The molecule has 4 heteroatoms. The Morgan fingerprint density at radius 1 is 0.720 bits per heavy atom. The minimum absolute atomic E-state index is 0.269. The van der Waals surface area contributed by atoms with Crippen LogP contribution in [0.15, 0.2) is 91.0 Å². The number of ketones is 1. The number of Topliss-reactive ketones (excluding diaryl/α,β-unsaturated/α-hetero) is 1. The van der Waals surface area contributed by atoms with Gasteiger partial charge in [0.2, 0.25) is 5.78 Å². The molecule has 3 rings (SSSR count). The van der Waals surface area contributed by atoms with Gasteiger partial charge in [0.15, 0.2) is 6.10 Å². The smallest absolute Gasteiger partial charge is 0.412 e. The highest BCUT2D eigenvalue weighted by Gasteiger charge is 2.26. The molecule has 0 spiro atoms. The summed E-state index contributed by atoms with van der Waals surface area (Å²) in [6.45, 7) is 0. The lowest BCUT2D eigenvalue weighted by molar-refractivity contribution is 0.0666. The molecule has 0 saturated heterocycles. The molecule has 0 radical (unpaired) electrons. The van der Waals surface area contributed by atoms with Gasteiger partial charge in [-0.1, -0.05) is 78.9 Å². The van der Waals surface area contributed by atoms with E-state index < -0.39 is 12.2 Å². The molecule has 0 fully saturated rings. The molecule has 0 aliphatic rings. The summed E-state index contributed by atoms with van der Waals surface area (Å²) in [4.78, 5) is 25.1. The first-order valence-electron chi connectivity index (χ1n) is 7.91. The topological polar surface area (TPSA) is 55.4 Å². The lowest BCUT2D eigenvalue weighted by atomic mass is 10.00. The van der Waals surface area contributed by atoms with Crippen LogP contribution >= 0.6 is 0 Å². The normalized spacial score (nSPS) is 11.4. The first-order chi connectivity index (χ1) is 12.2. The molecule has 4 nitrogen and oxygen atoms in total. The molecule has 1 N–H and O–H groups in total. The van der Waals surface area contributed by atoms with E-state index in [9.17, 15) is 9.59 Å². The van der Waals surface area contributed by atoms with Gasteiger partial charge in [-0.05, 0) is 12.1 Å². The molecule has 1 amide bonds. The Balaban J connectivity index is 1.82. The van der Waals surface area contributed by atoms with Crippen molar-refractivity contribution in [2.75, 3.05) is 5.32 Å². The Bertz CT molecular complexity index is 833. The van der Waals surface area contributed by atoms with E-state index in [0.29, 0.717) is 16.8 Å². The average Bonchev–Trinajstić information content (AvgIpc) is 2.68. The van der Waals surface area contributed by atoms with Gasteiger partial charge in [-0.25, -0.2) is 4.79 Å². The Morgan fingerprint density at radius 3 is 1.84 bits per heavy atom. The average molecular weight is 331 g/mol. The molecule has 25 heavy (non-hydrogen) atoms. The number of para-hydroxylation sites is 1. The summed E-state index contributed by atoms with van der Waals surface area (Å²) >= 11 is 0. The number of carbonyl (C=O) groups excluding carboxylic acids is 2. The molecule has 1 atom stereocenters. The number of rotatable bonds is 5. The van der Waals surface area contributed by atoms with Crippen molar-refractivity contribution in [3.8, 4) is 0 Å². The second-order valence-electron chi connectivity index (χ2n) is 5.42. The Morgan fingerprint density at radius 2 is 1.24 bits per heavy atom. The van der Waals surface area contributed by atoms with Crippen LogP contribution in [0.5, 0.6) is 0 Å². The number of carbonyl (C=O) groups is 2. The molecule has 0 aliphatic heterocycles. The molecule has 124 valence electrons. The predicted molar refractivity (Wildman–Crippen MR) is 96.5 cm³/mol.